The lowest BCUT2D eigenvalue weighted by molar-refractivity contribution is -0.129. The van der Waals surface area contributed by atoms with E-state index in [4.69, 9.17) is 5.11 Å². The predicted octanol–water partition coefficient (Wildman–Crippen LogP) is 0.522. The summed E-state index contributed by atoms with van der Waals surface area (Å²) in [7, 11) is 0. The summed E-state index contributed by atoms with van der Waals surface area (Å²) in [5, 5.41) is 11.8. The van der Waals surface area contributed by atoms with Crippen LogP contribution < -0.4 is 5.32 Å². The standard InChI is InChI=1S/C14H24N2O3/c1-10(9-17)3-2-6-15-14(19)11-7-13(18)16(8-11)12-4-5-12/h10-12,17H,2-9H2,1H3,(H,15,19). The van der Waals surface area contributed by atoms with Crippen LogP contribution in [-0.2, 0) is 9.59 Å². The second-order valence-corrected chi connectivity index (χ2v) is 5.90. The van der Waals surface area contributed by atoms with Crippen LogP contribution in [0.2, 0.25) is 0 Å². The Kier molecular flexibility index (Phi) is 4.80. The fourth-order valence-electron chi connectivity index (χ4n) is 2.54. The van der Waals surface area contributed by atoms with Crippen molar-refractivity contribution in [2.45, 2.75) is 45.1 Å². The largest absolute Gasteiger partial charge is 0.396 e. The topological polar surface area (TPSA) is 69.6 Å². The van der Waals surface area contributed by atoms with E-state index in [2.05, 4.69) is 5.32 Å². The van der Waals surface area contributed by atoms with Crippen LogP contribution in [0.15, 0.2) is 0 Å². The van der Waals surface area contributed by atoms with Crippen LogP contribution in [0.25, 0.3) is 0 Å². The molecule has 1 saturated heterocycles. The van der Waals surface area contributed by atoms with Crippen LogP contribution >= 0.6 is 0 Å². The molecule has 1 aliphatic heterocycles. The molecule has 0 radical (unpaired) electrons. The summed E-state index contributed by atoms with van der Waals surface area (Å²) in [6.07, 6.45) is 4.35. The van der Waals surface area contributed by atoms with Crippen LogP contribution in [0.4, 0.5) is 0 Å². The average molecular weight is 268 g/mol. The lowest BCUT2D eigenvalue weighted by Gasteiger charge is -2.15. The maximum Gasteiger partial charge on any atom is 0.225 e. The monoisotopic (exact) mass is 268 g/mol. The van der Waals surface area contributed by atoms with E-state index in [1.54, 1.807) is 0 Å². The molecule has 2 fully saturated rings. The number of carbonyl (C=O) groups is 2. The van der Waals surface area contributed by atoms with Crippen LogP contribution in [0.1, 0.15) is 39.0 Å². The lowest BCUT2D eigenvalue weighted by Crippen LogP contribution is -2.34. The molecule has 0 spiro atoms. The molecule has 0 bridgehead atoms. The number of likely N-dealkylation sites (tertiary alicyclic amines) is 1. The zero-order chi connectivity index (χ0) is 13.8. The van der Waals surface area contributed by atoms with Gasteiger partial charge in [0.25, 0.3) is 0 Å². The van der Waals surface area contributed by atoms with Crippen molar-refractivity contribution in [2.24, 2.45) is 11.8 Å². The van der Waals surface area contributed by atoms with Gasteiger partial charge in [-0.3, -0.25) is 9.59 Å². The number of aliphatic hydroxyl groups is 1. The normalized spacial score (nSPS) is 24.6. The van der Waals surface area contributed by atoms with Gasteiger partial charge >= 0.3 is 0 Å². The second kappa shape index (κ2) is 6.37. The minimum atomic E-state index is -0.164. The number of nitrogens with one attached hydrogen (secondary N) is 1. The summed E-state index contributed by atoms with van der Waals surface area (Å²) >= 11 is 0. The summed E-state index contributed by atoms with van der Waals surface area (Å²) in [4.78, 5) is 25.6. The molecule has 1 aliphatic carbocycles. The molecule has 19 heavy (non-hydrogen) atoms. The zero-order valence-corrected chi connectivity index (χ0v) is 11.6. The van der Waals surface area contributed by atoms with Crippen LogP contribution in [0.3, 0.4) is 0 Å². The van der Waals surface area contributed by atoms with Gasteiger partial charge in [0.05, 0.1) is 5.92 Å². The van der Waals surface area contributed by atoms with Gasteiger partial charge in [0.2, 0.25) is 11.8 Å². The SMILES string of the molecule is CC(CO)CCCNC(=O)C1CC(=O)N(C2CC2)C1. The number of nitrogens with zero attached hydrogens (tertiary/aromatic N) is 1. The number of hydrogen-bond acceptors (Lipinski definition) is 3. The molecule has 2 unspecified atom stereocenters. The fourth-order valence-corrected chi connectivity index (χ4v) is 2.54. The van der Waals surface area contributed by atoms with Gasteiger partial charge in [0, 0.05) is 32.2 Å². The molecule has 0 aromatic heterocycles. The first-order chi connectivity index (χ1) is 9.11. The molecule has 5 heteroatoms. The van der Waals surface area contributed by atoms with Gasteiger partial charge in [-0.15, -0.1) is 0 Å². The van der Waals surface area contributed by atoms with E-state index in [0.29, 0.717) is 25.6 Å². The van der Waals surface area contributed by atoms with Crippen molar-refractivity contribution in [2.75, 3.05) is 19.7 Å². The summed E-state index contributed by atoms with van der Waals surface area (Å²) < 4.78 is 0. The summed E-state index contributed by atoms with van der Waals surface area (Å²) in [6, 6.07) is 0.413. The first-order valence-electron chi connectivity index (χ1n) is 7.30. The van der Waals surface area contributed by atoms with Crippen molar-refractivity contribution in [3.63, 3.8) is 0 Å². The molecule has 1 heterocycles. The van der Waals surface area contributed by atoms with Gasteiger partial charge in [-0.05, 0) is 31.6 Å². The van der Waals surface area contributed by atoms with Gasteiger partial charge in [0.1, 0.15) is 0 Å². The third-order valence-electron chi connectivity index (χ3n) is 4.00. The minimum absolute atomic E-state index is 0.00755. The number of carbonyl (C=O) groups excluding carboxylic acids is 2. The highest BCUT2D eigenvalue weighted by Crippen LogP contribution is 2.32. The van der Waals surface area contributed by atoms with Crippen LogP contribution in [0.5, 0.6) is 0 Å². The number of amides is 2. The molecular weight excluding hydrogens is 244 g/mol. The number of aliphatic hydroxyl groups excluding tert-OH is 1. The molecule has 108 valence electrons. The van der Waals surface area contributed by atoms with E-state index < -0.39 is 0 Å². The quantitative estimate of drug-likeness (QED) is 0.661. The van der Waals surface area contributed by atoms with Gasteiger partial charge in [0.15, 0.2) is 0 Å². The van der Waals surface area contributed by atoms with Gasteiger partial charge in [-0.2, -0.15) is 0 Å². The molecule has 0 aromatic carbocycles. The third kappa shape index (κ3) is 3.93. The number of rotatable bonds is 7. The molecule has 2 amide bonds. The van der Waals surface area contributed by atoms with E-state index >= 15 is 0 Å². The van der Waals surface area contributed by atoms with E-state index in [9.17, 15) is 9.59 Å². The van der Waals surface area contributed by atoms with Crippen molar-refractivity contribution < 1.29 is 14.7 Å². The maximum atomic E-state index is 12.0. The highest BCUT2D eigenvalue weighted by molar-refractivity contribution is 5.89. The highest BCUT2D eigenvalue weighted by Gasteiger charge is 2.41. The predicted molar refractivity (Wildman–Crippen MR) is 71.3 cm³/mol. The Morgan fingerprint density at radius 3 is 2.89 bits per heavy atom. The molecule has 2 atom stereocenters. The van der Waals surface area contributed by atoms with E-state index in [1.807, 2.05) is 11.8 Å². The van der Waals surface area contributed by atoms with Crippen molar-refractivity contribution in [1.29, 1.82) is 0 Å². The van der Waals surface area contributed by atoms with Crippen molar-refractivity contribution in [1.82, 2.24) is 10.2 Å². The van der Waals surface area contributed by atoms with E-state index in [0.717, 1.165) is 25.7 Å². The average Bonchev–Trinajstić information content (AvgIpc) is 3.17. The Labute approximate surface area is 114 Å². The summed E-state index contributed by atoms with van der Waals surface area (Å²) in [5.41, 5.74) is 0. The zero-order valence-electron chi connectivity index (χ0n) is 11.6. The smallest absolute Gasteiger partial charge is 0.225 e. The highest BCUT2D eigenvalue weighted by atomic mass is 16.3. The van der Waals surface area contributed by atoms with Crippen molar-refractivity contribution in [3.8, 4) is 0 Å². The molecular formula is C14H24N2O3. The third-order valence-corrected chi connectivity index (χ3v) is 4.00. The van der Waals surface area contributed by atoms with E-state index in [1.165, 1.54) is 0 Å². The van der Waals surface area contributed by atoms with E-state index in [-0.39, 0.29) is 30.3 Å². The molecule has 2 rings (SSSR count). The van der Waals surface area contributed by atoms with Crippen molar-refractivity contribution >= 4 is 11.8 Å². The molecule has 2 N–H and O–H groups in total. The molecule has 0 aromatic rings. The summed E-state index contributed by atoms with van der Waals surface area (Å²) in [5.74, 6) is 0.267. The van der Waals surface area contributed by atoms with Gasteiger partial charge < -0.3 is 15.3 Å². The van der Waals surface area contributed by atoms with Gasteiger partial charge in [-0.25, -0.2) is 0 Å². The lowest BCUT2D eigenvalue weighted by atomic mass is 10.1. The summed E-state index contributed by atoms with van der Waals surface area (Å²) in [6.45, 7) is 3.42. The Hall–Kier alpha value is -1.10. The Morgan fingerprint density at radius 2 is 2.26 bits per heavy atom. The Balaban J connectivity index is 1.65. The van der Waals surface area contributed by atoms with Crippen LogP contribution in [0, 0.1) is 11.8 Å². The van der Waals surface area contributed by atoms with Crippen LogP contribution in [-0.4, -0.2) is 47.6 Å². The number of hydrogen-bond donors (Lipinski definition) is 2. The maximum absolute atomic E-state index is 12.0. The second-order valence-electron chi connectivity index (χ2n) is 5.90. The molecule has 1 saturated carbocycles. The molecule has 5 nitrogen and oxygen atoms in total. The Morgan fingerprint density at radius 1 is 1.53 bits per heavy atom. The molecule has 2 aliphatic rings. The first kappa shape index (κ1) is 14.3. The first-order valence-corrected chi connectivity index (χ1v) is 7.30. The Bertz CT molecular complexity index is 342. The minimum Gasteiger partial charge on any atom is -0.396 e. The van der Waals surface area contributed by atoms with Crippen molar-refractivity contribution in [3.05, 3.63) is 0 Å². The fraction of sp³-hybridized carbons (Fsp3) is 0.857. The van der Waals surface area contributed by atoms with Gasteiger partial charge in [-0.1, -0.05) is 6.92 Å².